The Labute approximate surface area is 195 Å². The SMILES string of the molecule is COc1cc(C2CC(=O)Nc3ccc4ccccc4c32)ccc1OC(=O)c1ccc(Cl)cc1. The maximum Gasteiger partial charge on any atom is 0.343 e. The van der Waals surface area contributed by atoms with Crippen LogP contribution in [0.15, 0.2) is 78.9 Å². The molecule has 0 aliphatic carbocycles. The molecule has 6 heteroatoms. The van der Waals surface area contributed by atoms with Crippen LogP contribution in [0.25, 0.3) is 10.8 Å². The third-order valence-electron chi connectivity index (χ3n) is 5.86. The minimum atomic E-state index is -0.508. The molecule has 0 radical (unpaired) electrons. The lowest BCUT2D eigenvalue weighted by atomic mass is 9.82. The Morgan fingerprint density at radius 2 is 1.76 bits per heavy atom. The minimum absolute atomic E-state index is 0.0417. The second-order valence-electron chi connectivity index (χ2n) is 7.86. The maximum absolute atomic E-state index is 12.6. The van der Waals surface area contributed by atoms with Crippen LogP contribution in [-0.4, -0.2) is 19.0 Å². The smallest absolute Gasteiger partial charge is 0.343 e. The Bertz CT molecular complexity index is 1380. The van der Waals surface area contributed by atoms with Crippen molar-refractivity contribution in [3.05, 3.63) is 101 Å². The standard InChI is InChI=1S/C27H20ClNO4/c1-32-24-14-18(9-13-23(24)33-27(31)17-6-10-19(28)11-7-17)21-15-25(30)29-22-12-8-16-4-2-3-5-20(16)26(21)22/h2-14,21H,15H2,1H3,(H,29,30). The van der Waals surface area contributed by atoms with Crippen molar-refractivity contribution in [1.82, 2.24) is 0 Å². The van der Waals surface area contributed by atoms with Crippen LogP contribution in [0.3, 0.4) is 0 Å². The normalized spacial score (nSPS) is 15.0. The molecular formula is C27H20ClNO4. The number of rotatable bonds is 4. The minimum Gasteiger partial charge on any atom is -0.493 e. The molecule has 1 aliphatic heterocycles. The monoisotopic (exact) mass is 457 g/mol. The fourth-order valence-electron chi connectivity index (χ4n) is 4.28. The van der Waals surface area contributed by atoms with E-state index in [1.54, 1.807) is 30.3 Å². The molecule has 0 saturated carbocycles. The van der Waals surface area contributed by atoms with E-state index in [0.29, 0.717) is 28.5 Å². The molecule has 0 bridgehead atoms. The van der Waals surface area contributed by atoms with E-state index in [2.05, 4.69) is 17.4 Å². The molecule has 1 aliphatic rings. The van der Waals surface area contributed by atoms with Gasteiger partial charge in [0.25, 0.3) is 0 Å². The summed E-state index contributed by atoms with van der Waals surface area (Å²) >= 11 is 5.90. The first-order valence-electron chi connectivity index (χ1n) is 10.5. The zero-order valence-electron chi connectivity index (χ0n) is 17.8. The van der Waals surface area contributed by atoms with Crippen LogP contribution < -0.4 is 14.8 Å². The quantitative estimate of drug-likeness (QED) is 0.293. The van der Waals surface area contributed by atoms with Gasteiger partial charge in [0.05, 0.1) is 12.7 Å². The lowest BCUT2D eigenvalue weighted by molar-refractivity contribution is -0.116. The highest BCUT2D eigenvalue weighted by Gasteiger charge is 2.29. The van der Waals surface area contributed by atoms with Crippen LogP contribution in [-0.2, 0) is 4.79 Å². The Morgan fingerprint density at radius 1 is 0.970 bits per heavy atom. The number of esters is 1. The third kappa shape index (κ3) is 4.03. The van der Waals surface area contributed by atoms with Crippen molar-refractivity contribution in [1.29, 1.82) is 0 Å². The number of hydrogen-bond acceptors (Lipinski definition) is 4. The second kappa shape index (κ2) is 8.60. The van der Waals surface area contributed by atoms with Gasteiger partial charge in [-0.1, -0.05) is 48.0 Å². The predicted octanol–water partition coefficient (Wildman–Crippen LogP) is 6.20. The molecule has 1 unspecified atom stereocenters. The first-order valence-corrected chi connectivity index (χ1v) is 10.9. The first-order chi connectivity index (χ1) is 16.0. The molecule has 33 heavy (non-hydrogen) atoms. The molecule has 1 amide bonds. The van der Waals surface area contributed by atoms with E-state index in [4.69, 9.17) is 21.1 Å². The summed E-state index contributed by atoms with van der Waals surface area (Å²) in [6.07, 6.45) is 0.314. The number of methoxy groups -OCH3 is 1. The van der Waals surface area contributed by atoms with Gasteiger partial charge in [0.15, 0.2) is 11.5 Å². The summed E-state index contributed by atoms with van der Waals surface area (Å²) in [5.74, 6) is 0.0167. The van der Waals surface area contributed by atoms with Crippen molar-refractivity contribution in [3.8, 4) is 11.5 Å². The zero-order chi connectivity index (χ0) is 22.9. The van der Waals surface area contributed by atoms with Gasteiger partial charge in [-0.25, -0.2) is 4.79 Å². The van der Waals surface area contributed by atoms with Crippen LogP contribution in [0, 0.1) is 0 Å². The summed E-state index contributed by atoms with van der Waals surface area (Å²) < 4.78 is 11.1. The van der Waals surface area contributed by atoms with Gasteiger partial charge in [-0.3, -0.25) is 4.79 Å². The summed E-state index contributed by atoms with van der Waals surface area (Å²) in [4.78, 5) is 25.0. The number of amides is 1. The predicted molar refractivity (Wildman–Crippen MR) is 128 cm³/mol. The molecule has 1 heterocycles. The summed E-state index contributed by atoms with van der Waals surface area (Å²) in [6, 6.07) is 24.0. The molecule has 0 spiro atoms. The first kappa shape index (κ1) is 21.0. The highest BCUT2D eigenvalue weighted by atomic mass is 35.5. The number of carbonyl (C=O) groups is 2. The van der Waals surface area contributed by atoms with Crippen LogP contribution in [0.1, 0.15) is 33.8 Å². The maximum atomic E-state index is 12.6. The topological polar surface area (TPSA) is 64.6 Å². The fraction of sp³-hybridized carbons (Fsp3) is 0.111. The number of fused-ring (bicyclic) bond motifs is 3. The van der Waals surface area contributed by atoms with Crippen molar-refractivity contribution in [2.45, 2.75) is 12.3 Å². The van der Waals surface area contributed by atoms with Crippen molar-refractivity contribution in [2.24, 2.45) is 0 Å². The molecule has 1 atom stereocenters. The third-order valence-corrected chi connectivity index (χ3v) is 6.11. The van der Waals surface area contributed by atoms with Gasteiger partial charge >= 0.3 is 5.97 Å². The van der Waals surface area contributed by atoms with Gasteiger partial charge in [0, 0.05) is 23.0 Å². The largest absolute Gasteiger partial charge is 0.493 e. The lowest BCUT2D eigenvalue weighted by Gasteiger charge is -2.28. The number of benzene rings is 4. The highest BCUT2D eigenvalue weighted by Crippen LogP contribution is 2.43. The highest BCUT2D eigenvalue weighted by molar-refractivity contribution is 6.30. The van der Waals surface area contributed by atoms with Crippen LogP contribution in [0.5, 0.6) is 11.5 Å². The molecule has 0 fully saturated rings. The number of nitrogens with one attached hydrogen (secondary N) is 1. The van der Waals surface area contributed by atoms with Gasteiger partial charge in [0.1, 0.15) is 0 Å². The van der Waals surface area contributed by atoms with E-state index in [-0.39, 0.29) is 11.8 Å². The number of ether oxygens (including phenoxy) is 2. The molecule has 1 N–H and O–H groups in total. The van der Waals surface area contributed by atoms with E-state index >= 15 is 0 Å². The molecule has 4 aromatic carbocycles. The van der Waals surface area contributed by atoms with Crippen molar-refractivity contribution in [3.63, 3.8) is 0 Å². The molecule has 164 valence electrons. The van der Waals surface area contributed by atoms with Gasteiger partial charge in [-0.2, -0.15) is 0 Å². The summed E-state index contributed by atoms with van der Waals surface area (Å²) in [5, 5.41) is 5.73. The molecule has 5 rings (SSSR count). The van der Waals surface area contributed by atoms with Crippen molar-refractivity contribution >= 4 is 39.9 Å². The number of hydrogen-bond donors (Lipinski definition) is 1. The molecule has 0 aromatic heterocycles. The van der Waals surface area contributed by atoms with E-state index in [1.807, 2.05) is 36.4 Å². The Balaban J connectivity index is 1.52. The Kier molecular flexibility index (Phi) is 5.48. The Morgan fingerprint density at radius 3 is 2.55 bits per heavy atom. The number of carbonyl (C=O) groups excluding carboxylic acids is 2. The van der Waals surface area contributed by atoms with Crippen LogP contribution >= 0.6 is 11.6 Å². The number of halogens is 1. The Hall–Kier alpha value is -3.83. The van der Waals surface area contributed by atoms with Gasteiger partial charge in [0.2, 0.25) is 5.91 Å². The van der Waals surface area contributed by atoms with E-state index in [0.717, 1.165) is 27.6 Å². The van der Waals surface area contributed by atoms with Gasteiger partial charge in [-0.05, 0) is 64.4 Å². The van der Waals surface area contributed by atoms with Crippen molar-refractivity contribution in [2.75, 3.05) is 12.4 Å². The lowest BCUT2D eigenvalue weighted by Crippen LogP contribution is -2.23. The van der Waals surface area contributed by atoms with Crippen LogP contribution in [0.4, 0.5) is 5.69 Å². The van der Waals surface area contributed by atoms with E-state index < -0.39 is 5.97 Å². The molecular weight excluding hydrogens is 438 g/mol. The summed E-state index contributed by atoms with van der Waals surface area (Å²) in [5.41, 5.74) is 3.17. The zero-order valence-corrected chi connectivity index (χ0v) is 18.6. The molecule has 4 aromatic rings. The summed E-state index contributed by atoms with van der Waals surface area (Å²) in [7, 11) is 1.52. The summed E-state index contributed by atoms with van der Waals surface area (Å²) in [6.45, 7) is 0. The van der Waals surface area contributed by atoms with Crippen LogP contribution in [0.2, 0.25) is 5.02 Å². The average Bonchev–Trinajstić information content (AvgIpc) is 2.83. The average molecular weight is 458 g/mol. The van der Waals surface area contributed by atoms with Gasteiger partial charge < -0.3 is 14.8 Å². The van der Waals surface area contributed by atoms with Crippen molar-refractivity contribution < 1.29 is 19.1 Å². The van der Waals surface area contributed by atoms with E-state index in [9.17, 15) is 9.59 Å². The number of anilines is 1. The molecule has 0 saturated heterocycles. The second-order valence-corrected chi connectivity index (χ2v) is 8.30. The fourth-order valence-corrected chi connectivity index (χ4v) is 4.41. The van der Waals surface area contributed by atoms with Gasteiger partial charge in [-0.15, -0.1) is 0 Å². The van der Waals surface area contributed by atoms with E-state index in [1.165, 1.54) is 7.11 Å². The molecule has 5 nitrogen and oxygen atoms in total.